The minimum atomic E-state index is -0.112. The summed E-state index contributed by atoms with van der Waals surface area (Å²) < 4.78 is 1.12. The fourth-order valence-electron chi connectivity index (χ4n) is 1.88. The smallest absolute Gasteiger partial charge is 0.266 e. The topological polar surface area (TPSA) is 42.0 Å². The van der Waals surface area contributed by atoms with Gasteiger partial charge in [-0.15, -0.1) is 11.3 Å². The summed E-state index contributed by atoms with van der Waals surface area (Å²) in [4.78, 5) is 17.0. The zero-order valence-electron chi connectivity index (χ0n) is 10.4. The van der Waals surface area contributed by atoms with E-state index in [2.05, 4.69) is 10.3 Å². The van der Waals surface area contributed by atoms with E-state index in [0.29, 0.717) is 10.7 Å². The molecule has 1 N–H and O–H groups in total. The summed E-state index contributed by atoms with van der Waals surface area (Å²) in [6.07, 6.45) is 1.69. The van der Waals surface area contributed by atoms with Crippen LogP contribution in [0.1, 0.15) is 15.2 Å². The number of hydrogen-bond acceptors (Lipinski definition) is 3. The maximum Gasteiger partial charge on any atom is 0.266 e. The number of fused-ring (bicyclic) bond motifs is 1. The molecule has 94 valence electrons. The molecule has 0 atom stereocenters. The minimum absolute atomic E-state index is 0.112. The highest BCUT2D eigenvalue weighted by molar-refractivity contribution is 7.20. The number of nitrogens with one attached hydrogen (secondary N) is 1. The maximum absolute atomic E-state index is 12.2. The molecule has 3 rings (SSSR count). The first-order valence-corrected chi connectivity index (χ1v) is 6.76. The highest BCUT2D eigenvalue weighted by atomic mass is 32.1. The molecule has 0 aliphatic rings. The van der Waals surface area contributed by atoms with Crippen LogP contribution in [0.4, 0.5) is 5.82 Å². The Morgan fingerprint density at radius 1 is 1.21 bits per heavy atom. The number of nitrogens with zero attached hydrogens (tertiary/aromatic N) is 1. The van der Waals surface area contributed by atoms with E-state index in [-0.39, 0.29) is 5.91 Å². The van der Waals surface area contributed by atoms with Crippen LogP contribution in [0, 0.1) is 6.92 Å². The van der Waals surface area contributed by atoms with Gasteiger partial charge in [-0.2, -0.15) is 0 Å². The number of hydrogen-bond donors (Lipinski definition) is 1. The largest absolute Gasteiger partial charge is 0.306 e. The average Bonchev–Trinajstić information content (AvgIpc) is 2.82. The van der Waals surface area contributed by atoms with E-state index in [0.717, 1.165) is 15.6 Å². The van der Waals surface area contributed by atoms with Gasteiger partial charge in [0, 0.05) is 10.9 Å². The van der Waals surface area contributed by atoms with E-state index in [1.165, 1.54) is 11.3 Å². The zero-order valence-corrected chi connectivity index (χ0v) is 11.2. The second kappa shape index (κ2) is 4.82. The van der Waals surface area contributed by atoms with Crippen LogP contribution >= 0.6 is 11.3 Å². The summed E-state index contributed by atoms with van der Waals surface area (Å²) in [6.45, 7) is 1.97. The van der Waals surface area contributed by atoms with E-state index in [4.69, 9.17) is 0 Å². The van der Waals surface area contributed by atoms with Crippen LogP contribution in [-0.4, -0.2) is 10.9 Å². The van der Waals surface area contributed by atoms with Crippen LogP contribution in [0.5, 0.6) is 0 Å². The van der Waals surface area contributed by atoms with Crippen molar-refractivity contribution in [2.24, 2.45) is 0 Å². The lowest BCUT2D eigenvalue weighted by Gasteiger charge is -2.02. The second-order valence-electron chi connectivity index (χ2n) is 4.32. The molecule has 0 fully saturated rings. The lowest BCUT2D eigenvalue weighted by molar-refractivity contribution is 0.103. The predicted molar refractivity (Wildman–Crippen MR) is 78.8 cm³/mol. The average molecular weight is 268 g/mol. The molecule has 0 aliphatic heterocycles. The Labute approximate surface area is 114 Å². The summed E-state index contributed by atoms with van der Waals surface area (Å²) in [6, 6.07) is 13.6. The Hall–Kier alpha value is -2.20. The van der Waals surface area contributed by atoms with Crippen LogP contribution in [0.15, 0.2) is 48.7 Å². The van der Waals surface area contributed by atoms with Gasteiger partial charge in [-0.05, 0) is 42.1 Å². The van der Waals surface area contributed by atoms with Crippen molar-refractivity contribution in [1.82, 2.24) is 4.98 Å². The zero-order chi connectivity index (χ0) is 13.2. The van der Waals surface area contributed by atoms with Crippen molar-refractivity contribution in [3.63, 3.8) is 0 Å². The Bertz CT molecular complexity index is 715. The van der Waals surface area contributed by atoms with Crippen molar-refractivity contribution in [3.8, 4) is 0 Å². The first kappa shape index (κ1) is 11.9. The molecule has 4 heteroatoms. The van der Waals surface area contributed by atoms with E-state index < -0.39 is 0 Å². The summed E-state index contributed by atoms with van der Waals surface area (Å²) in [5.74, 6) is 0.474. The summed E-state index contributed by atoms with van der Waals surface area (Å²) in [7, 11) is 0. The molecular weight excluding hydrogens is 256 g/mol. The van der Waals surface area contributed by atoms with Gasteiger partial charge in [-0.3, -0.25) is 4.79 Å². The molecule has 0 aliphatic carbocycles. The fourth-order valence-corrected chi connectivity index (χ4v) is 2.83. The van der Waals surface area contributed by atoms with Gasteiger partial charge in [0.05, 0.1) is 4.88 Å². The third kappa shape index (κ3) is 2.48. The number of aryl methyl sites for hydroxylation is 1. The molecule has 1 aromatic carbocycles. The third-order valence-electron chi connectivity index (χ3n) is 2.81. The number of pyridine rings is 1. The molecule has 0 bridgehead atoms. The van der Waals surface area contributed by atoms with Crippen molar-refractivity contribution in [2.45, 2.75) is 6.92 Å². The molecule has 0 unspecified atom stereocenters. The number of carbonyl (C=O) groups excluding carboxylic acids is 1. The highest BCUT2D eigenvalue weighted by Crippen LogP contribution is 2.25. The van der Waals surface area contributed by atoms with Crippen LogP contribution in [-0.2, 0) is 0 Å². The van der Waals surface area contributed by atoms with Gasteiger partial charge >= 0.3 is 0 Å². The van der Waals surface area contributed by atoms with Crippen molar-refractivity contribution in [1.29, 1.82) is 0 Å². The summed E-state index contributed by atoms with van der Waals surface area (Å²) >= 11 is 1.49. The molecular formula is C15H12N2OS. The molecule has 3 aromatic rings. The Morgan fingerprint density at radius 2 is 2.05 bits per heavy atom. The first-order chi connectivity index (χ1) is 9.22. The first-order valence-electron chi connectivity index (χ1n) is 5.95. The predicted octanol–water partition coefficient (Wildman–Crippen LogP) is 3.86. The van der Waals surface area contributed by atoms with Gasteiger partial charge in [0.15, 0.2) is 0 Å². The Kier molecular flexibility index (Phi) is 3.01. The standard InChI is InChI=1S/C15H12N2OS/c1-10-6-7-16-14(8-10)17-15(18)13-9-11-4-2-3-5-12(11)19-13/h2-9H,1H3,(H,16,17,18). The monoisotopic (exact) mass is 268 g/mol. The van der Waals surface area contributed by atoms with E-state index in [1.54, 1.807) is 6.20 Å². The van der Waals surface area contributed by atoms with Crippen molar-refractivity contribution in [3.05, 3.63) is 59.1 Å². The van der Waals surface area contributed by atoms with Crippen molar-refractivity contribution < 1.29 is 4.79 Å². The van der Waals surface area contributed by atoms with E-state index in [1.807, 2.05) is 49.4 Å². The second-order valence-corrected chi connectivity index (χ2v) is 5.40. The van der Waals surface area contributed by atoms with Crippen molar-refractivity contribution >= 4 is 33.1 Å². The van der Waals surface area contributed by atoms with Gasteiger partial charge in [-0.25, -0.2) is 4.98 Å². The van der Waals surface area contributed by atoms with Crippen molar-refractivity contribution in [2.75, 3.05) is 5.32 Å². The Morgan fingerprint density at radius 3 is 2.84 bits per heavy atom. The minimum Gasteiger partial charge on any atom is -0.306 e. The number of benzene rings is 1. The van der Waals surface area contributed by atoms with Gasteiger partial charge in [0.1, 0.15) is 5.82 Å². The van der Waals surface area contributed by atoms with Crippen LogP contribution in [0.25, 0.3) is 10.1 Å². The maximum atomic E-state index is 12.2. The van der Waals surface area contributed by atoms with Crippen LogP contribution < -0.4 is 5.32 Å². The van der Waals surface area contributed by atoms with Gasteiger partial charge < -0.3 is 5.32 Å². The molecule has 2 heterocycles. The molecule has 0 radical (unpaired) electrons. The number of thiophene rings is 1. The quantitative estimate of drug-likeness (QED) is 0.767. The SMILES string of the molecule is Cc1ccnc(NC(=O)c2cc3ccccc3s2)c1. The summed E-state index contributed by atoms with van der Waals surface area (Å²) in [5, 5.41) is 3.91. The molecule has 0 saturated heterocycles. The number of rotatable bonds is 2. The number of amides is 1. The number of carbonyl (C=O) groups is 1. The number of aromatic nitrogens is 1. The lowest BCUT2D eigenvalue weighted by atomic mass is 10.2. The Balaban J connectivity index is 1.87. The number of anilines is 1. The lowest BCUT2D eigenvalue weighted by Crippen LogP contribution is -2.11. The van der Waals surface area contributed by atoms with Crippen LogP contribution in [0.2, 0.25) is 0 Å². The molecule has 3 nitrogen and oxygen atoms in total. The van der Waals surface area contributed by atoms with Crippen LogP contribution in [0.3, 0.4) is 0 Å². The fraction of sp³-hybridized carbons (Fsp3) is 0.0667. The van der Waals surface area contributed by atoms with Gasteiger partial charge in [0.25, 0.3) is 5.91 Å². The summed E-state index contributed by atoms with van der Waals surface area (Å²) in [5.41, 5.74) is 1.07. The van der Waals surface area contributed by atoms with E-state index >= 15 is 0 Å². The normalized spacial score (nSPS) is 10.6. The van der Waals surface area contributed by atoms with E-state index in [9.17, 15) is 4.79 Å². The van der Waals surface area contributed by atoms with Gasteiger partial charge in [-0.1, -0.05) is 18.2 Å². The molecule has 0 spiro atoms. The molecule has 0 saturated carbocycles. The van der Waals surface area contributed by atoms with Gasteiger partial charge in [0.2, 0.25) is 0 Å². The molecule has 1 amide bonds. The highest BCUT2D eigenvalue weighted by Gasteiger charge is 2.10. The molecule has 2 aromatic heterocycles. The third-order valence-corrected chi connectivity index (χ3v) is 3.92. The molecule has 19 heavy (non-hydrogen) atoms.